The summed E-state index contributed by atoms with van der Waals surface area (Å²) in [6.07, 6.45) is 2.47. The largest absolute Gasteiger partial charge is 0.381 e. The summed E-state index contributed by atoms with van der Waals surface area (Å²) in [5.74, 6) is 5.40. The first kappa shape index (κ1) is 13.1. The van der Waals surface area contributed by atoms with E-state index in [4.69, 9.17) is 10.6 Å². The summed E-state index contributed by atoms with van der Waals surface area (Å²) >= 11 is 0. The highest BCUT2D eigenvalue weighted by molar-refractivity contribution is 5.84. The van der Waals surface area contributed by atoms with Crippen LogP contribution in [-0.2, 0) is 9.53 Å². The van der Waals surface area contributed by atoms with Crippen LogP contribution in [0.1, 0.15) is 19.3 Å². The zero-order valence-corrected chi connectivity index (χ0v) is 10.4. The molecule has 3 amide bonds. The van der Waals surface area contributed by atoms with Gasteiger partial charge in [-0.1, -0.05) is 0 Å². The van der Waals surface area contributed by atoms with Crippen LogP contribution in [0.3, 0.4) is 0 Å². The molecule has 0 spiro atoms. The molecule has 0 aromatic rings. The molecule has 2 aliphatic rings. The summed E-state index contributed by atoms with van der Waals surface area (Å²) in [5, 5.41) is 4.09. The van der Waals surface area contributed by atoms with Gasteiger partial charge in [0.15, 0.2) is 0 Å². The minimum absolute atomic E-state index is 0.0872. The second-order valence-electron chi connectivity index (χ2n) is 4.71. The molecule has 0 aromatic heterocycles. The van der Waals surface area contributed by atoms with Crippen LogP contribution in [0.4, 0.5) is 4.79 Å². The van der Waals surface area contributed by atoms with E-state index in [-0.39, 0.29) is 24.5 Å². The number of carbonyl (C=O) groups is 2. The van der Waals surface area contributed by atoms with Crippen molar-refractivity contribution in [1.82, 2.24) is 15.2 Å². The van der Waals surface area contributed by atoms with Gasteiger partial charge in [-0.25, -0.2) is 10.6 Å². The van der Waals surface area contributed by atoms with E-state index in [1.165, 1.54) is 4.90 Å². The average molecular weight is 256 g/mol. The number of amides is 3. The lowest BCUT2D eigenvalue weighted by Gasteiger charge is -2.32. The molecule has 2 aliphatic heterocycles. The topological polar surface area (TPSA) is 87.9 Å². The van der Waals surface area contributed by atoms with Crippen LogP contribution in [0, 0.1) is 0 Å². The van der Waals surface area contributed by atoms with E-state index in [0.717, 1.165) is 24.3 Å². The van der Waals surface area contributed by atoms with Gasteiger partial charge in [-0.3, -0.25) is 9.80 Å². The normalized spacial score (nSPS) is 22.2. The van der Waals surface area contributed by atoms with Crippen molar-refractivity contribution in [2.24, 2.45) is 5.84 Å². The maximum absolute atomic E-state index is 11.8. The van der Waals surface area contributed by atoms with Crippen LogP contribution < -0.4 is 11.2 Å². The van der Waals surface area contributed by atoms with Crippen molar-refractivity contribution in [1.29, 1.82) is 0 Å². The fraction of sp³-hybridized carbons (Fsp3) is 0.818. The molecule has 0 unspecified atom stereocenters. The number of nitrogens with zero attached hydrogens (tertiary/aromatic N) is 2. The van der Waals surface area contributed by atoms with Gasteiger partial charge in [0.05, 0.1) is 0 Å². The highest BCUT2D eigenvalue weighted by atomic mass is 16.5. The molecule has 0 radical (unpaired) electrons. The van der Waals surface area contributed by atoms with Crippen molar-refractivity contribution in [2.75, 3.05) is 32.8 Å². The summed E-state index contributed by atoms with van der Waals surface area (Å²) in [6.45, 7) is 2.60. The number of hydrazine groups is 1. The Morgan fingerprint density at radius 3 is 2.83 bits per heavy atom. The summed E-state index contributed by atoms with van der Waals surface area (Å²) in [4.78, 5) is 25.0. The van der Waals surface area contributed by atoms with E-state index in [9.17, 15) is 9.59 Å². The summed E-state index contributed by atoms with van der Waals surface area (Å²) in [7, 11) is 0. The molecule has 7 heteroatoms. The van der Waals surface area contributed by atoms with Gasteiger partial charge < -0.3 is 15.0 Å². The smallest absolute Gasteiger partial charge is 0.334 e. The summed E-state index contributed by atoms with van der Waals surface area (Å²) < 4.78 is 5.22. The van der Waals surface area contributed by atoms with E-state index < -0.39 is 0 Å². The van der Waals surface area contributed by atoms with E-state index in [2.05, 4.69) is 5.32 Å². The van der Waals surface area contributed by atoms with Crippen molar-refractivity contribution in [3.8, 4) is 0 Å². The standard InChI is InChI=1S/C11H20N4O3/c12-15-5-1-4-14(11(15)17)8-10(16)13-9-2-6-18-7-3-9/h9H,1-8,12H2,(H,13,16). The van der Waals surface area contributed by atoms with Gasteiger partial charge in [0.25, 0.3) is 0 Å². The Morgan fingerprint density at radius 1 is 1.39 bits per heavy atom. The minimum Gasteiger partial charge on any atom is -0.381 e. The highest BCUT2D eigenvalue weighted by Gasteiger charge is 2.26. The predicted octanol–water partition coefficient (Wildman–Crippen LogP) is -0.717. The molecule has 102 valence electrons. The second kappa shape index (κ2) is 6.01. The van der Waals surface area contributed by atoms with E-state index in [0.29, 0.717) is 26.3 Å². The molecule has 2 fully saturated rings. The summed E-state index contributed by atoms with van der Waals surface area (Å²) in [6, 6.07) is -0.108. The lowest BCUT2D eigenvalue weighted by molar-refractivity contribution is -0.123. The van der Waals surface area contributed by atoms with Gasteiger partial charge in [-0.05, 0) is 19.3 Å². The number of hydrogen-bond donors (Lipinski definition) is 2. The number of nitrogens with two attached hydrogens (primary N) is 1. The van der Waals surface area contributed by atoms with Crippen LogP contribution >= 0.6 is 0 Å². The van der Waals surface area contributed by atoms with Gasteiger partial charge >= 0.3 is 6.03 Å². The molecular formula is C11H20N4O3. The van der Waals surface area contributed by atoms with Crippen molar-refractivity contribution >= 4 is 11.9 Å². The van der Waals surface area contributed by atoms with Crippen LogP contribution in [-0.4, -0.2) is 60.7 Å². The quantitative estimate of drug-likeness (QED) is 0.515. The second-order valence-corrected chi connectivity index (χ2v) is 4.71. The SMILES string of the molecule is NN1CCCN(CC(=O)NC2CCOCC2)C1=O. The van der Waals surface area contributed by atoms with Crippen LogP contribution in [0.15, 0.2) is 0 Å². The highest BCUT2D eigenvalue weighted by Crippen LogP contribution is 2.07. The Labute approximate surface area is 106 Å². The number of rotatable bonds is 3. The van der Waals surface area contributed by atoms with Gasteiger partial charge in [-0.15, -0.1) is 0 Å². The van der Waals surface area contributed by atoms with Gasteiger partial charge in [-0.2, -0.15) is 0 Å². The molecule has 18 heavy (non-hydrogen) atoms. The molecule has 7 nitrogen and oxygen atoms in total. The molecule has 2 rings (SSSR count). The lowest BCUT2D eigenvalue weighted by Crippen LogP contribution is -2.55. The van der Waals surface area contributed by atoms with Crippen molar-refractivity contribution in [3.63, 3.8) is 0 Å². The zero-order chi connectivity index (χ0) is 13.0. The third kappa shape index (κ3) is 3.33. The van der Waals surface area contributed by atoms with Crippen LogP contribution in [0.25, 0.3) is 0 Å². The maximum atomic E-state index is 11.8. The number of carbonyl (C=O) groups excluding carboxylic acids is 2. The Kier molecular flexibility index (Phi) is 4.38. The Hall–Kier alpha value is -1.34. The van der Waals surface area contributed by atoms with Crippen LogP contribution in [0.2, 0.25) is 0 Å². The Morgan fingerprint density at radius 2 is 2.11 bits per heavy atom. The first-order valence-corrected chi connectivity index (χ1v) is 6.35. The predicted molar refractivity (Wildman–Crippen MR) is 64.5 cm³/mol. The molecule has 2 heterocycles. The number of urea groups is 1. The monoisotopic (exact) mass is 256 g/mol. The molecule has 0 bridgehead atoms. The first-order chi connectivity index (χ1) is 8.66. The Bertz CT molecular complexity index is 317. The lowest BCUT2D eigenvalue weighted by atomic mass is 10.1. The number of ether oxygens (including phenoxy) is 1. The van der Waals surface area contributed by atoms with E-state index in [1.54, 1.807) is 0 Å². The molecule has 0 aromatic carbocycles. The minimum atomic E-state index is -0.275. The summed E-state index contributed by atoms with van der Waals surface area (Å²) in [5.41, 5.74) is 0. The average Bonchev–Trinajstić information content (AvgIpc) is 2.36. The molecular weight excluding hydrogens is 236 g/mol. The number of nitrogens with one attached hydrogen (secondary N) is 1. The molecule has 0 aliphatic carbocycles. The van der Waals surface area contributed by atoms with Gasteiger partial charge in [0.2, 0.25) is 5.91 Å². The molecule has 0 saturated carbocycles. The van der Waals surface area contributed by atoms with Crippen LogP contribution in [0.5, 0.6) is 0 Å². The first-order valence-electron chi connectivity index (χ1n) is 6.35. The van der Waals surface area contributed by atoms with Gasteiger partial charge in [0, 0.05) is 32.3 Å². The van der Waals surface area contributed by atoms with Crippen molar-refractivity contribution < 1.29 is 14.3 Å². The fourth-order valence-corrected chi connectivity index (χ4v) is 2.24. The molecule has 3 N–H and O–H groups in total. The fourth-order valence-electron chi connectivity index (χ4n) is 2.24. The van der Waals surface area contributed by atoms with Crippen molar-refractivity contribution in [3.05, 3.63) is 0 Å². The third-order valence-electron chi connectivity index (χ3n) is 3.26. The number of hydrogen-bond acceptors (Lipinski definition) is 4. The molecule has 0 atom stereocenters. The van der Waals surface area contributed by atoms with E-state index >= 15 is 0 Å². The molecule has 2 saturated heterocycles. The zero-order valence-electron chi connectivity index (χ0n) is 10.4. The van der Waals surface area contributed by atoms with Gasteiger partial charge in [0.1, 0.15) is 6.54 Å². The maximum Gasteiger partial charge on any atom is 0.334 e. The Balaban J connectivity index is 1.77. The van der Waals surface area contributed by atoms with E-state index in [1.807, 2.05) is 0 Å². The van der Waals surface area contributed by atoms with Crippen molar-refractivity contribution in [2.45, 2.75) is 25.3 Å². The third-order valence-corrected chi connectivity index (χ3v) is 3.26.